The molecule has 10 nitrogen and oxygen atoms in total. The van der Waals surface area contributed by atoms with Crippen LogP contribution in [-0.2, 0) is 4.74 Å². The van der Waals surface area contributed by atoms with Crippen LogP contribution in [0.25, 0.3) is 16.6 Å². The number of hydrogen-bond acceptors (Lipinski definition) is 7. The molecule has 1 saturated heterocycles. The molecular formula is C31H36ClN7O3. The highest BCUT2D eigenvalue weighted by Crippen LogP contribution is 2.32. The Morgan fingerprint density at radius 2 is 2.02 bits per heavy atom. The molecule has 220 valence electrons. The second-order valence-corrected chi connectivity index (χ2v) is 11.7. The number of carbonyl (C=O) groups excluding carboxylic acids is 1. The van der Waals surface area contributed by atoms with E-state index in [1.165, 1.54) is 0 Å². The van der Waals surface area contributed by atoms with Gasteiger partial charge in [0.05, 0.1) is 46.8 Å². The number of fused-ring (bicyclic) bond motifs is 1. The SMILES string of the molecule is COc1cc(C)c(-c2cc3c(NC[C@H]4CCCN4C(=O)OC(C)(C)C)c(C(N)=Nc4ccccc4Cl)cnn3c2)cn1. The lowest BCUT2D eigenvalue weighted by Gasteiger charge is -2.29. The van der Waals surface area contributed by atoms with Gasteiger partial charge in [0, 0.05) is 42.7 Å². The molecule has 1 aromatic carbocycles. The number of amides is 1. The van der Waals surface area contributed by atoms with Crippen molar-refractivity contribution >= 4 is 40.4 Å². The standard InChI is InChI=1S/C31H36ClN7O3/c1-19-13-27(41-5)34-16-22(19)20-14-26-28(35-15-21-9-8-12-38(21)30(40)42-31(2,3)4)23(17-36-39(26)18-20)29(33)37-25-11-7-6-10-24(25)32/h6-7,10-11,13-14,16-18,21,35H,8-9,12,15H2,1-5H3,(H2,33,37)/t21-/m1/s1. The number of aliphatic imine (C=N–C) groups is 1. The van der Waals surface area contributed by atoms with Gasteiger partial charge in [-0.1, -0.05) is 23.7 Å². The van der Waals surface area contributed by atoms with Crippen molar-refractivity contribution in [2.75, 3.05) is 25.5 Å². The number of aryl methyl sites for hydroxylation is 1. The third-order valence-corrected chi connectivity index (χ3v) is 7.45. The van der Waals surface area contributed by atoms with E-state index in [0.717, 1.165) is 40.7 Å². The monoisotopic (exact) mass is 589 g/mol. The van der Waals surface area contributed by atoms with Gasteiger partial charge in [0.1, 0.15) is 11.4 Å². The first-order chi connectivity index (χ1) is 20.0. The van der Waals surface area contributed by atoms with Gasteiger partial charge in [0.15, 0.2) is 0 Å². The van der Waals surface area contributed by atoms with E-state index in [2.05, 4.69) is 20.4 Å². The fourth-order valence-electron chi connectivity index (χ4n) is 5.09. The summed E-state index contributed by atoms with van der Waals surface area (Å²) in [5, 5.41) is 8.73. The number of nitrogens with two attached hydrogens (primary N) is 1. The van der Waals surface area contributed by atoms with Gasteiger partial charge in [0.25, 0.3) is 0 Å². The minimum atomic E-state index is -0.567. The van der Waals surface area contributed by atoms with Crippen LogP contribution in [-0.4, -0.2) is 63.3 Å². The topological polar surface area (TPSA) is 119 Å². The second-order valence-electron chi connectivity index (χ2n) is 11.3. The number of halogens is 1. The summed E-state index contributed by atoms with van der Waals surface area (Å²) in [4.78, 5) is 23.8. The lowest BCUT2D eigenvalue weighted by molar-refractivity contribution is 0.0235. The number of amidine groups is 1. The molecule has 4 heterocycles. The molecule has 3 aromatic heterocycles. The molecule has 0 aliphatic carbocycles. The Hall–Kier alpha value is -4.31. The molecule has 0 saturated carbocycles. The zero-order valence-electron chi connectivity index (χ0n) is 24.5. The highest BCUT2D eigenvalue weighted by atomic mass is 35.5. The molecule has 0 radical (unpaired) electrons. The highest BCUT2D eigenvalue weighted by Gasteiger charge is 2.32. The van der Waals surface area contributed by atoms with Crippen molar-refractivity contribution < 1.29 is 14.3 Å². The van der Waals surface area contributed by atoms with Gasteiger partial charge in [-0.05, 0) is 64.3 Å². The van der Waals surface area contributed by atoms with Crippen molar-refractivity contribution in [3.8, 4) is 17.0 Å². The fourth-order valence-corrected chi connectivity index (χ4v) is 5.27. The first-order valence-electron chi connectivity index (χ1n) is 13.9. The van der Waals surface area contributed by atoms with Gasteiger partial charge >= 0.3 is 6.09 Å². The number of likely N-dealkylation sites (tertiary alicyclic amines) is 1. The van der Waals surface area contributed by atoms with Gasteiger partial charge < -0.3 is 25.4 Å². The number of carbonyl (C=O) groups is 1. The summed E-state index contributed by atoms with van der Waals surface area (Å²) in [6.45, 7) is 8.78. The van der Waals surface area contributed by atoms with Gasteiger partial charge in [-0.2, -0.15) is 5.10 Å². The van der Waals surface area contributed by atoms with Gasteiger partial charge in [-0.15, -0.1) is 0 Å². The Kier molecular flexibility index (Phi) is 8.27. The zero-order chi connectivity index (χ0) is 30.0. The van der Waals surface area contributed by atoms with Crippen LogP contribution in [0.1, 0.15) is 44.7 Å². The average Bonchev–Trinajstić information content (AvgIpc) is 3.59. The number of hydrogen-bond donors (Lipinski definition) is 2. The number of aromatic nitrogens is 3. The Bertz CT molecular complexity index is 1640. The largest absolute Gasteiger partial charge is 0.481 e. The summed E-state index contributed by atoms with van der Waals surface area (Å²) in [5.74, 6) is 0.818. The molecular weight excluding hydrogens is 554 g/mol. The first-order valence-corrected chi connectivity index (χ1v) is 14.3. The molecule has 5 rings (SSSR count). The number of benzene rings is 1. The normalized spacial score (nSPS) is 15.7. The van der Waals surface area contributed by atoms with Crippen LogP contribution in [0.2, 0.25) is 5.02 Å². The number of anilines is 1. The van der Waals surface area contributed by atoms with Crippen LogP contribution in [0, 0.1) is 6.92 Å². The van der Waals surface area contributed by atoms with Crippen molar-refractivity contribution in [3.63, 3.8) is 0 Å². The maximum Gasteiger partial charge on any atom is 0.410 e. The van der Waals surface area contributed by atoms with E-state index in [9.17, 15) is 4.79 Å². The average molecular weight is 590 g/mol. The van der Waals surface area contributed by atoms with E-state index in [4.69, 9.17) is 26.8 Å². The van der Waals surface area contributed by atoms with Gasteiger partial charge in [-0.3, -0.25) is 0 Å². The minimum absolute atomic E-state index is 0.0508. The molecule has 4 aromatic rings. The molecule has 1 amide bonds. The number of pyridine rings is 1. The molecule has 0 bridgehead atoms. The molecule has 0 spiro atoms. The predicted octanol–water partition coefficient (Wildman–Crippen LogP) is 6.22. The fraction of sp³-hybridized carbons (Fsp3) is 0.355. The smallest absolute Gasteiger partial charge is 0.410 e. The van der Waals surface area contributed by atoms with Crippen molar-refractivity contribution in [1.29, 1.82) is 0 Å². The quantitative estimate of drug-likeness (QED) is 0.194. The summed E-state index contributed by atoms with van der Waals surface area (Å²) in [6.07, 6.45) is 6.88. The zero-order valence-corrected chi connectivity index (χ0v) is 25.3. The second kappa shape index (κ2) is 11.9. The van der Waals surface area contributed by atoms with E-state index in [1.54, 1.807) is 41.1 Å². The molecule has 1 fully saturated rings. The van der Waals surface area contributed by atoms with E-state index in [1.807, 2.05) is 58.2 Å². The first kappa shape index (κ1) is 29.2. The lowest BCUT2D eigenvalue weighted by Crippen LogP contribution is -2.42. The summed E-state index contributed by atoms with van der Waals surface area (Å²) in [7, 11) is 1.60. The number of methoxy groups -OCH3 is 1. The van der Waals surface area contributed by atoms with Crippen LogP contribution < -0.4 is 15.8 Å². The number of nitrogens with zero attached hydrogens (tertiary/aromatic N) is 5. The van der Waals surface area contributed by atoms with Gasteiger partial charge in [0.2, 0.25) is 5.88 Å². The number of para-hydroxylation sites is 1. The van der Waals surface area contributed by atoms with Crippen LogP contribution in [0.4, 0.5) is 16.2 Å². The molecule has 42 heavy (non-hydrogen) atoms. The van der Waals surface area contributed by atoms with E-state index in [-0.39, 0.29) is 18.0 Å². The van der Waals surface area contributed by atoms with E-state index < -0.39 is 5.60 Å². The highest BCUT2D eigenvalue weighted by molar-refractivity contribution is 6.33. The predicted molar refractivity (Wildman–Crippen MR) is 166 cm³/mol. The molecule has 1 aliphatic rings. The number of nitrogens with one attached hydrogen (secondary N) is 1. The third kappa shape index (κ3) is 6.28. The molecule has 11 heteroatoms. The number of ether oxygens (including phenoxy) is 2. The molecule has 1 atom stereocenters. The minimum Gasteiger partial charge on any atom is -0.481 e. The summed E-state index contributed by atoms with van der Waals surface area (Å²) < 4.78 is 12.8. The summed E-state index contributed by atoms with van der Waals surface area (Å²) in [6, 6.07) is 11.2. The van der Waals surface area contributed by atoms with Crippen LogP contribution in [0.5, 0.6) is 5.88 Å². The van der Waals surface area contributed by atoms with Crippen LogP contribution >= 0.6 is 11.6 Å². The van der Waals surface area contributed by atoms with Crippen molar-refractivity contribution in [2.45, 2.75) is 52.2 Å². The Morgan fingerprint density at radius 1 is 1.24 bits per heavy atom. The lowest BCUT2D eigenvalue weighted by atomic mass is 10.1. The number of rotatable bonds is 7. The maximum atomic E-state index is 12.9. The molecule has 1 aliphatic heterocycles. The maximum absolute atomic E-state index is 12.9. The Morgan fingerprint density at radius 3 is 2.74 bits per heavy atom. The van der Waals surface area contributed by atoms with Crippen LogP contribution in [0.15, 0.2) is 60.0 Å². The Labute approximate surface area is 250 Å². The van der Waals surface area contributed by atoms with Crippen molar-refractivity contribution in [1.82, 2.24) is 19.5 Å². The summed E-state index contributed by atoms with van der Waals surface area (Å²) in [5.41, 5.74) is 11.7. The van der Waals surface area contributed by atoms with Crippen molar-refractivity contribution in [3.05, 3.63) is 71.1 Å². The van der Waals surface area contributed by atoms with E-state index in [0.29, 0.717) is 35.2 Å². The Balaban J connectivity index is 1.54. The molecule has 3 N–H and O–H groups in total. The van der Waals surface area contributed by atoms with Crippen molar-refractivity contribution in [2.24, 2.45) is 10.7 Å². The van der Waals surface area contributed by atoms with Crippen LogP contribution in [0.3, 0.4) is 0 Å². The van der Waals surface area contributed by atoms with Gasteiger partial charge in [-0.25, -0.2) is 19.3 Å². The van der Waals surface area contributed by atoms with E-state index >= 15 is 0 Å². The molecule has 0 unspecified atom stereocenters. The third-order valence-electron chi connectivity index (χ3n) is 7.13. The summed E-state index contributed by atoms with van der Waals surface area (Å²) >= 11 is 6.37.